The summed E-state index contributed by atoms with van der Waals surface area (Å²) in [7, 11) is 0. The molecule has 2 nitrogen and oxygen atoms in total. The summed E-state index contributed by atoms with van der Waals surface area (Å²) >= 11 is 3.48. The van der Waals surface area contributed by atoms with E-state index in [9.17, 15) is 5.11 Å². The van der Waals surface area contributed by atoms with E-state index in [4.69, 9.17) is 0 Å². The fourth-order valence-corrected chi connectivity index (χ4v) is 2.07. The van der Waals surface area contributed by atoms with Gasteiger partial charge in [-0.2, -0.15) is 0 Å². The molecule has 0 bridgehead atoms. The average molecular weight is 292 g/mol. The minimum absolute atomic E-state index is 0.490. The van der Waals surface area contributed by atoms with Crippen molar-refractivity contribution in [3.05, 3.63) is 63.9 Å². The fraction of sp³-hybridized carbons (Fsp3) is 0.214. The Bertz CT molecular complexity index is 499. The first-order valence-corrected chi connectivity index (χ1v) is 6.29. The van der Waals surface area contributed by atoms with Crippen LogP contribution in [0.4, 0.5) is 0 Å². The summed E-state index contributed by atoms with van der Waals surface area (Å²) in [6, 6.07) is 9.79. The van der Waals surface area contributed by atoms with E-state index in [2.05, 4.69) is 20.9 Å². The lowest BCUT2D eigenvalue weighted by atomic mass is 10.0. The molecular formula is C14H14BrNO. The van der Waals surface area contributed by atoms with E-state index >= 15 is 0 Å². The lowest BCUT2D eigenvalue weighted by Gasteiger charge is -2.12. The van der Waals surface area contributed by atoms with E-state index in [0.29, 0.717) is 6.42 Å². The standard InChI is InChI=1S/C14H14BrNO/c1-10-4-5-12(8-13(10)15)14(17)7-11-3-2-6-16-9-11/h2-6,8-9,14,17H,7H2,1H3. The maximum Gasteiger partial charge on any atom is 0.0831 e. The van der Waals surface area contributed by atoms with Crippen LogP contribution in [0.1, 0.15) is 22.8 Å². The van der Waals surface area contributed by atoms with Crippen LogP contribution in [0.15, 0.2) is 47.2 Å². The molecule has 0 aliphatic carbocycles. The summed E-state index contributed by atoms with van der Waals surface area (Å²) in [5, 5.41) is 10.1. The van der Waals surface area contributed by atoms with Gasteiger partial charge in [-0.1, -0.05) is 34.1 Å². The van der Waals surface area contributed by atoms with Gasteiger partial charge < -0.3 is 5.11 Å². The van der Waals surface area contributed by atoms with Gasteiger partial charge >= 0.3 is 0 Å². The molecule has 0 spiro atoms. The number of rotatable bonds is 3. The molecule has 0 aliphatic heterocycles. The Morgan fingerprint density at radius 1 is 1.35 bits per heavy atom. The summed E-state index contributed by atoms with van der Waals surface area (Å²) in [6.45, 7) is 2.03. The van der Waals surface area contributed by atoms with Crippen LogP contribution in [0.3, 0.4) is 0 Å². The van der Waals surface area contributed by atoms with Crippen molar-refractivity contribution in [1.29, 1.82) is 0 Å². The van der Waals surface area contributed by atoms with Gasteiger partial charge in [0.2, 0.25) is 0 Å². The maximum atomic E-state index is 10.1. The second-order valence-corrected chi connectivity index (χ2v) is 4.94. The number of aliphatic hydroxyl groups excluding tert-OH is 1. The molecule has 0 radical (unpaired) electrons. The molecular weight excluding hydrogens is 278 g/mol. The molecule has 1 unspecified atom stereocenters. The number of benzene rings is 1. The molecule has 2 aromatic rings. The Balaban J connectivity index is 2.14. The van der Waals surface area contributed by atoms with Crippen LogP contribution < -0.4 is 0 Å². The van der Waals surface area contributed by atoms with Crippen LogP contribution >= 0.6 is 15.9 Å². The van der Waals surface area contributed by atoms with Crippen molar-refractivity contribution in [1.82, 2.24) is 4.98 Å². The highest BCUT2D eigenvalue weighted by Crippen LogP contribution is 2.23. The highest BCUT2D eigenvalue weighted by Gasteiger charge is 2.09. The molecule has 1 aromatic carbocycles. The maximum absolute atomic E-state index is 10.1. The molecule has 1 heterocycles. The van der Waals surface area contributed by atoms with Crippen molar-refractivity contribution in [2.24, 2.45) is 0 Å². The van der Waals surface area contributed by atoms with Crippen molar-refractivity contribution in [2.75, 3.05) is 0 Å². The molecule has 0 fully saturated rings. The Kier molecular flexibility index (Phi) is 3.92. The smallest absolute Gasteiger partial charge is 0.0831 e. The van der Waals surface area contributed by atoms with Crippen LogP contribution in [-0.2, 0) is 6.42 Å². The third kappa shape index (κ3) is 3.14. The molecule has 1 aromatic heterocycles. The molecule has 1 N–H and O–H groups in total. The third-order valence-corrected chi connectivity index (χ3v) is 3.59. The second kappa shape index (κ2) is 5.43. The number of hydrogen-bond acceptors (Lipinski definition) is 2. The number of halogens is 1. The lowest BCUT2D eigenvalue weighted by molar-refractivity contribution is 0.178. The van der Waals surface area contributed by atoms with Gasteiger partial charge in [0.25, 0.3) is 0 Å². The van der Waals surface area contributed by atoms with Crippen molar-refractivity contribution >= 4 is 15.9 Å². The molecule has 0 saturated heterocycles. The summed E-state index contributed by atoms with van der Waals surface area (Å²) < 4.78 is 1.03. The summed E-state index contributed by atoms with van der Waals surface area (Å²) in [5.74, 6) is 0. The number of aromatic nitrogens is 1. The van der Waals surface area contributed by atoms with E-state index in [1.54, 1.807) is 12.4 Å². The Morgan fingerprint density at radius 2 is 2.18 bits per heavy atom. The normalized spacial score (nSPS) is 12.4. The largest absolute Gasteiger partial charge is 0.388 e. The van der Waals surface area contributed by atoms with Gasteiger partial charge in [0.1, 0.15) is 0 Å². The molecule has 2 rings (SSSR count). The van der Waals surface area contributed by atoms with E-state index in [1.807, 2.05) is 37.3 Å². The van der Waals surface area contributed by atoms with Crippen LogP contribution in [0, 0.1) is 6.92 Å². The Morgan fingerprint density at radius 3 is 2.82 bits per heavy atom. The predicted octanol–water partition coefficient (Wildman–Crippen LogP) is 3.43. The SMILES string of the molecule is Cc1ccc(C(O)Cc2cccnc2)cc1Br. The quantitative estimate of drug-likeness (QED) is 0.940. The first-order valence-electron chi connectivity index (χ1n) is 5.50. The van der Waals surface area contributed by atoms with Crippen LogP contribution in [0.2, 0.25) is 0 Å². The van der Waals surface area contributed by atoms with Crippen molar-refractivity contribution in [3.63, 3.8) is 0 Å². The van der Waals surface area contributed by atoms with Gasteiger partial charge in [-0.15, -0.1) is 0 Å². The third-order valence-electron chi connectivity index (χ3n) is 2.73. The van der Waals surface area contributed by atoms with Gasteiger partial charge in [0, 0.05) is 23.3 Å². The van der Waals surface area contributed by atoms with Gasteiger partial charge in [-0.25, -0.2) is 0 Å². The highest BCUT2D eigenvalue weighted by molar-refractivity contribution is 9.10. The van der Waals surface area contributed by atoms with Crippen molar-refractivity contribution in [2.45, 2.75) is 19.4 Å². The number of pyridine rings is 1. The average Bonchev–Trinajstić information content (AvgIpc) is 2.34. The molecule has 0 aliphatic rings. The van der Waals surface area contributed by atoms with Crippen molar-refractivity contribution in [3.8, 4) is 0 Å². The number of nitrogens with zero attached hydrogens (tertiary/aromatic N) is 1. The van der Waals surface area contributed by atoms with E-state index in [1.165, 1.54) is 5.56 Å². The number of aryl methyl sites for hydroxylation is 1. The second-order valence-electron chi connectivity index (χ2n) is 4.09. The molecule has 0 saturated carbocycles. The number of hydrogen-bond donors (Lipinski definition) is 1. The molecule has 1 atom stereocenters. The van der Waals surface area contributed by atoms with Gasteiger partial charge in [0.15, 0.2) is 0 Å². The van der Waals surface area contributed by atoms with Gasteiger partial charge in [0.05, 0.1) is 6.10 Å². The molecule has 17 heavy (non-hydrogen) atoms. The van der Waals surface area contributed by atoms with E-state index < -0.39 is 6.10 Å². The summed E-state index contributed by atoms with van der Waals surface area (Å²) in [6.07, 6.45) is 3.62. The van der Waals surface area contributed by atoms with E-state index in [0.717, 1.165) is 15.6 Å². The van der Waals surface area contributed by atoms with Crippen LogP contribution in [-0.4, -0.2) is 10.1 Å². The Hall–Kier alpha value is -1.19. The van der Waals surface area contributed by atoms with Gasteiger partial charge in [-0.3, -0.25) is 4.98 Å². The first-order chi connectivity index (χ1) is 8.16. The van der Waals surface area contributed by atoms with E-state index in [-0.39, 0.29) is 0 Å². The zero-order chi connectivity index (χ0) is 12.3. The fourth-order valence-electron chi connectivity index (χ4n) is 1.68. The number of aliphatic hydroxyl groups is 1. The molecule has 0 amide bonds. The van der Waals surface area contributed by atoms with Crippen LogP contribution in [0.25, 0.3) is 0 Å². The summed E-state index contributed by atoms with van der Waals surface area (Å²) in [4.78, 5) is 4.04. The lowest BCUT2D eigenvalue weighted by Crippen LogP contribution is -2.02. The zero-order valence-electron chi connectivity index (χ0n) is 9.60. The first kappa shape index (κ1) is 12.3. The zero-order valence-corrected chi connectivity index (χ0v) is 11.2. The van der Waals surface area contributed by atoms with Crippen molar-refractivity contribution < 1.29 is 5.11 Å². The van der Waals surface area contributed by atoms with Gasteiger partial charge in [-0.05, 0) is 35.7 Å². The molecule has 3 heteroatoms. The highest BCUT2D eigenvalue weighted by atomic mass is 79.9. The molecule has 88 valence electrons. The minimum Gasteiger partial charge on any atom is -0.388 e. The Labute approximate surface area is 109 Å². The minimum atomic E-state index is -0.490. The predicted molar refractivity (Wildman–Crippen MR) is 71.8 cm³/mol. The van der Waals surface area contributed by atoms with Crippen LogP contribution in [0.5, 0.6) is 0 Å². The summed E-state index contributed by atoms with van der Waals surface area (Å²) in [5.41, 5.74) is 3.13. The monoisotopic (exact) mass is 291 g/mol. The topological polar surface area (TPSA) is 33.1 Å².